The number of hydrazone groups is 1. The predicted octanol–water partition coefficient (Wildman–Crippen LogP) is 3.43. The molecule has 0 unspecified atom stereocenters. The molecule has 0 aliphatic carbocycles. The molecular weight excluding hydrogens is 428 g/mol. The molecule has 2 amide bonds. The van der Waals surface area contributed by atoms with E-state index in [-0.39, 0.29) is 11.1 Å². The standard InChI is InChI=1S/C21H19F2N3O4S/c1-29-15-8-7-12(9-16(15)30-2)21(28)24-10-18(27)25-26-19(20(22)23)14-11-31-17-6-4-3-5-13(14)17/h3-9,11,20H,10H2,1-2H3,(H,24,28)(H,25,27). The fourth-order valence-corrected chi connectivity index (χ4v) is 3.76. The number of amides is 2. The maximum absolute atomic E-state index is 13.5. The second-order valence-electron chi connectivity index (χ2n) is 6.23. The number of nitrogens with zero attached hydrogens (tertiary/aromatic N) is 1. The van der Waals surface area contributed by atoms with Gasteiger partial charge in [-0.1, -0.05) is 18.2 Å². The average molecular weight is 447 g/mol. The van der Waals surface area contributed by atoms with E-state index in [1.807, 2.05) is 12.1 Å². The van der Waals surface area contributed by atoms with E-state index in [4.69, 9.17) is 9.47 Å². The minimum Gasteiger partial charge on any atom is -0.493 e. The number of nitrogens with one attached hydrogen (secondary N) is 2. The zero-order chi connectivity index (χ0) is 22.4. The van der Waals surface area contributed by atoms with Crippen LogP contribution >= 0.6 is 11.3 Å². The van der Waals surface area contributed by atoms with Crippen LogP contribution in [0.25, 0.3) is 10.1 Å². The highest BCUT2D eigenvalue weighted by molar-refractivity contribution is 7.17. The Bertz CT molecular complexity index is 1130. The first kappa shape index (κ1) is 22.2. The van der Waals surface area contributed by atoms with Gasteiger partial charge in [0, 0.05) is 26.6 Å². The number of carbonyl (C=O) groups is 2. The smallest absolute Gasteiger partial charge is 0.282 e. The molecule has 0 radical (unpaired) electrons. The van der Waals surface area contributed by atoms with Gasteiger partial charge in [0.25, 0.3) is 18.2 Å². The molecule has 2 aromatic carbocycles. The van der Waals surface area contributed by atoms with Gasteiger partial charge in [0.2, 0.25) is 0 Å². The van der Waals surface area contributed by atoms with Crippen LogP contribution in [-0.2, 0) is 4.79 Å². The topological polar surface area (TPSA) is 89.0 Å². The summed E-state index contributed by atoms with van der Waals surface area (Å²) in [5, 5.41) is 8.20. The Morgan fingerprint density at radius 2 is 1.84 bits per heavy atom. The number of hydrogen-bond donors (Lipinski definition) is 2. The Kier molecular flexibility index (Phi) is 7.14. The zero-order valence-electron chi connectivity index (χ0n) is 16.6. The lowest BCUT2D eigenvalue weighted by Crippen LogP contribution is -2.35. The van der Waals surface area contributed by atoms with Crippen molar-refractivity contribution in [1.82, 2.24) is 10.7 Å². The number of hydrogen-bond acceptors (Lipinski definition) is 6. The number of thiophene rings is 1. The quantitative estimate of drug-likeness (QED) is 0.409. The molecule has 0 saturated carbocycles. The third kappa shape index (κ3) is 5.15. The van der Waals surface area contributed by atoms with Crippen LogP contribution in [0.3, 0.4) is 0 Å². The van der Waals surface area contributed by atoms with Crippen molar-refractivity contribution < 1.29 is 27.8 Å². The highest BCUT2D eigenvalue weighted by atomic mass is 32.1. The molecule has 3 aromatic rings. The van der Waals surface area contributed by atoms with Crippen molar-refractivity contribution in [3.8, 4) is 11.5 Å². The van der Waals surface area contributed by atoms with Crippen LogP contribution in [0, 0.1) is 0 Å². The Hall–Kier alpha value is -3.53. The van der Waals surface area contributed by atoms with Gasteiger partial charge in [0.1, 0.15) is 5.71 Å². The van der Waals surface area contributed by atoms with Crippen LogP contribution in [0.5, 0.6) is 11.5 Å². The lowest BCUT2D eigenvalue weighted by atomic mass is 10.1. The molecule has 0 bridgehead atoms. The lowest BCUT2D eigenvalue weighted by molar-refractivity contribution is -0.120. The van der Waals surface area contributed by atoms with E-state index in [0.717, 1.165) is 4.70 Å². The first-order valence-corrected chi connectivity index (χ1v) is 9.94. The van der Waals surface area contributed by atoms with Gasteiger partial charge in [0.15, 0.2) is 11.5 Å². The summed E-state index contributed by atoms with van der Waals surface area (Å²) < 4.78 is 38.2. The Labute approximate surface area is 180 Å². The van der Waals surface area contributed by atoms with Gasteiger partial charge in [0.05, 0.1) is 20.8 Å². The van der Waals surface area contributed by atoms with Crippen molar-refractivity contribution >= 4 is 38.9 Å². The maximum atomic E-state index is 13.5. The van der Waals surface area contributed by atoms with Gasteiger partial charge in [-0.15, -0.1) is 11.3 Å². The molecule has 3 rings (SSSR count). The number of halogens is 2. The van der Waals surface area contributed by atoms with Gasteiger partial charge in [-0.25, -0.2) is 14.2 Å². The summed E-state index contributed by atoms with van der Waals surface area (Å²) in [6, 6.07) is 11.6. The van der Waals surface area contributed by atoms with E-state index in [0.29, 0.717) is 16.9 Å². The van der Waals surface area contributed by atoms with Crippen LogP contribution in [0.15, 0.2) is 52.9 Å². The molecule has 0 aliphatic heterocycles. The molecule has 162 valence electrons. The van der Waals surface area contributed by atoms with Gasteiger partial charge in [-0.3, -0.25) is 9.59 Å². The minimum absolute atomic E-state index is 0.243. The summed E-state index contributed by atoms with van der Waals surface area (Å²) >= 11 is 1.31. The van der Waals surface area contributed by atoms with Crippen LogP contribution < -0.4 is 20.2 Å². The molecule has 0 spiro atoms. The molecule has 2 N–H and O–H groups in total. The molecule has 0 fully saturated rings. The largest absolute Gasteiger partial charge is 0.493 e. The van der Waals surface area contributed by atoms with Crippen molar-refractivity contribution in [2.45, 2.75) is 6.43 Å². The second-order valence-corrected chi connectivity index (χ2v) is 7.14. The van der Waals surface area contributed by atoms with E-state index in [2.05, 4.69) is 15.8 Å². The number of fused-ring (bicyclic) bond motifs is 1. The van der Waals surface area contributed by atoms with E-state index in [1.165, 1.54) is 37.7 Å². The van der Waals surface area contributed by atoms with Gasteiger partial charge in [-0.2, -0.15) is 5.10 Å². The predicted molar refractivity (Wildman–Crippen MR) is 114 cm³/mol. The van der Waals surface area contributed by atoms with E-state index in [9.17, 15) is 18.4 Å². The molecule has 0 aliphatic rings. The van der Waals surface area contributed by atoms with Crippen LogP contribution in [0.2, 0.25) is 0 Å². The van der Waals surface area contributed by atoms with Gasteiger partial charge < -0.3 is 14.8 Å². The molecule has 10 heteroatoms. The fraction of sp³-hybridized carbons (Fsp3) is 0.190. The monoisotopic (exact) mass is 447 g/mol. The van der Waals surface area contributed by atoms with Gasteiger partial charge >= 0.3 is 0 Å². The summed E-state index contributed by atoms with van der Waals surface area (Å²) in [4.78, 5) is 24.3. The Balaban J connectivity index is 1.65. The number of alkyl halides is 2. The molecule has 7 nitrogen and oxygen atoms in total. The molecule has 0 atom stereocenters. The number of carbonyl (C=O) groups excluding carboxylic acids is 2. The number of benzene rings is 2. The number of ether oxygens (including phenoxy) is 2. The minimum atomic E-state index is -2.89. The second kappa shape index (κ2) is 9.98. The highest BCUT2D eigenvalue weighted by Crippen LogP contribution is 2.28. The summed E-state index contributed by atoms with van der Waals surface area (Å²) in [7, 11) is 2.90. The first-order chi connectivity index (χ1) is 14.9. The van der Waals surface area contributed by atoms with Crippen LogP contribution in [-0.4, -0.2) is 44.7 Å². The fourth-order valence-electron chi connectivity index (χ4n) is 2.80. The number of rotatable bonds is 8. The first-order valence-electron chi connectivity index (χ1n) is 9.06. The van der Waals surface area contributed by atoms with Crippen molar-refractivity contribution in [3.05, 3.63) is 59.0 Å². The molecule has 1 aromatic heterocycles. The van der Waals surface area contributed by atoms with Crippen molar-refractivity contribution in [1.29, 1.82) is 0 Å². The van der Waals surface area contributed by atoms with Crippen molar-refractivity contribution in [2.75, 3.05) is 20.8 Å². The zero-order valence-corrected chi connectivity index (χ0v) is 17.5. The van der Waals surface area contributed by atoms with E-state index >= 15 is 0 Å². The molecule has 1 heterocycles. The summed E-state index contributed by atoms with van der Waals surface area (Å²) in [6.07, 6.45) is -2.89. The molecule has 0 saturated heterocycles. The van der Waals surface area contributed by atoms with Crippen molar-refractivity contribution in [2.24, 2.45) is 5.10 Å². The summed E-state index contributed by atoms with van der Waals surface area (Å²) in [5.41, 5.74) is 2.03. The van der Waals surface area contributed by atoms with Gasteiger partial charge in [-0.05, 0) is 24.3 Å². The van der Waals surface area contributed by atoms with Crippen LogP contribution in [0.4, 0.5) is 8.78 Å². The maximum Gasteiger partial charge on any atom is 0.282 e. The summed E-state index contributed by atoms with van der Waals surface area (Å²) in [5.74, 6) is -0.482. The third-order valence-electron chi connectivity index (χ3n) is 4.32. The normalized spacial score (nSPS) is 11.5. The Morgan fingerprint density at radius 1 is 1.10 bits per heavy atom. The SMILES string of the molecule is COc1ccc(C(=O)NCC(=O)NN=C(c2csc3ccccc23)C(F)F)cc1OC. The van der Waals surface area contributed by atoms with Crippen molar-refractivity contribution in [3.63, 3.8) is 0 Å². The van der Waals surface area contributed by atoms with E-state index < -0.39 is 30.5 Å². The highest BCUT2D eigenvalue weighted by Gasteiger charge is 2.20. The van der Waals surface area contributed by atoms with Crippen LogP contribution in [0.1, 0.15) is 15.9 Å². The molecular formula is C21H19F2N3O4S. The average Bonchev–Trinajstić information content (AvgIpc) is 3.20. The Morgan fingerprint density at radius 3 is 2.55 bits per heavy atom. The summed E-state index contributed by atoms with van der Waals surface area (Å²) in [6.45, 7) is -0.447. The molecule has 31 heavy (non-hydrogen) atoms. The third-order valence-corrected chi connectivity index (χ3v) is 5.28. The lowest BCUT2D eigenvalue weighted by Gasteiger charge is -2.10. The van der Waals surface area contributed by atoms with E-state index in [1.54, 1.807) is 23.6 Å². The number of methoxy groups -OCH3 is 2.